The van der Waals surface area contributed by atoms with E-state index in [9.17, 15) is 0 Å². The summed E-state index contributed by atoms with van der Waals surface area (Å²) in [6, 6.07) is 0. The molecule has 0 heterocycles. The fourth-order valence-corrected chi connectivity index (χ4v) is 1.13. The molecule has 0 unspecified atom stereocenters. The molecule has 0 heteroatoms. The van der Waals surface area contributed by atoms with E-state index in [-0.39, 0.29) is 0 Å². The molecular formula is C9H14. The van der Waals surface area contributed by atoms with Gasteiger partial charge in [-0.05, 0) is 36.8 Å². The summed E-state index contributed by atoms with van der Waals surface area (Å²) >= 11 is 0. The minimum Gasteiger partial charge on any atom is -0.126 e. The molecule has 0 fully saturated rings. The minimum absolute atomic E-state index is 0.710. The summed E-state index contributed by atoms with van der Waals surface area (Å²) in [7, 11) is 0. The van der Waals surface area contributed by atoms with Crippen molar-refractivity contribution in [2.24, 2.45) is 5.92 Å². The highest BCUT2D eigenvalue weighted by Crippen LogP contribution is 2.18. The highest BCUT2D eigenvalue weighted by atomic mass is 14.1. The van der Waals surface area contributed by atoms with E-state index in [4.69, 9.17) is 0 Å². The Hall–Kier alpha value is -0.480. The van der Waals surface area contributed by atoms with Gasteiger partial charge in [-0.25, -0.2) is 0 Å². The lowest BCUT2D eigenvalue weighted by Crippen LogP contribution is -1.94. The maximum Gasteiger partial charge on any atom is -0.0184 e. The maximum absolute atomic E-state index is 3.31. The van der Waals surface area contributed by atoms with Crippen molar-refractivity contribution in [3.05, 3.63) is 17.4 Å². The summed E-state index contributed by atoms with van der Waals surface area (Å²) in [5.74, 6) is 0.710. The predicted molar refractivity (Wildman–Crippen MR) is 40.3 cm³/mol. The Labute approximate surface area is 57.3 Å². The summed E-state index contributed by atoms with van der Waals surface area (Å²) in [6.07, 6.45) is 6.00. The first-order chi connectivity index (χ1) is 4.30. The van der Waals surface area contributed by atoms with E-state index in [0.717, 1.165) is 0 Å². The first-order valence-electron chi connectivity index (χ1n) is 3.74. The smallest absolute Gasteiger partial charge is 0.0184 e. The van der Waals surface area contributed by atoms with Crippen molar-refractivity contribution in [2.45, 2.75) is 33.1 Å². The molecule has 0 bridgehead atoms. The summed E-state index contributed by atoms with van der Waals surface area (Å²) in [4.78, 5) is 0. The van der Waals surface area contributed by atoms with Crippen LogP contribution in [0.25, 0.3) is 0 Å². The Morgan fingerprint density at radius 3 is 2.67 bits per heavy atom. The predicted octanol–water partition coefficient (Wildman–Crippen LogP) is 2.91. The molecule has 0 atom stereocenters. The van der Waals surface area contributed by atoms with Crippen molar-refractivity contribution in [3.8, 4) is 0 Å². The number of rotatable bonds is 1. The number of hydrogen-bond donors (Lipinski definition) is 0. The fourth-order valence-electron chi connectivity index (χ4n) is 1.13. The molecule has 0 aliphatic heterocycles. The van der Waals surface area contributed by atoms with Gasteiger partial charge < -0.3 is 0 Å². The molecule has 0 aromatic carbocycles. The van der Waals surface area contributed by atoms with Crippen LogP contribution in [0.15, 0.2) is 17.4 Å². The van der Waals surface area contributed by atoms with Crippen molar-refractivity contribution < 1.29 is 0 Å². The van der Waals surface area contributed by atoms with Crippen molar-refractivity contribution in [1.82, 2.24) is 0 Å². The average molecular weight is 122 g/mol. The number of allylic oxidation sites excluding steroid dienone is 1. The standard InChI is InChI=1S/C9H14/c1-8(2)9-6-4-3-5-7-9/h4,8H,3,5,7H2,1-2H3. The van der Waals surface area contributed by atoms with Gasteiger partial charge in [-0.15, -0.1) is 5.73 Å². The van der Waals surface area contributed by atoms with E-state index in [1.165, 1.54) is 24.8 Å². The third kappa shape index (κ3) is 1.73. The highest BCUT2D eigenvalue weighted by Gasteiger charge is 2.03. The largest absolute Gasteiger partial charge is 0.126 e. The van der Waals surface area contributed by atoms with Crippen LogP contribution < -0.4 is 0 Å². The first kappa shape index (κ1) is 6.64. The van der Waals surface area contributed by atoms with Crippen LogP contribution in [-0.2, 0) is 0 Å². The molecule has 1 aliphatic rings. The van der Waals surface area contributed by atoms with Crippen LogP contribution in [0.1, 0.15) is 33.1 Å². The Bertz CT molecular complexity index is 145. The topological polar surface area (TPSA) is 0 Å². The van der Waals surface area contributed by atoms with Crippen LogP contribution in [-0.4, -0.2) is 0 Å². The van der Waals surface area contributed by atoms with E-state index in [0.29, 0.717) is 5.92 Å². The van der Waals surface area contributed by atoms with Crippen molar-refractivity contribution in [1.29, 1.82) is 0 Å². The van der Waals surface area contributed by atoms with Crippen molar-refractivity contribution >= 4 is 0 Å². The first-order valence-corrected chi connectivity index (χ1v) is 3.74. The molecule has 50 valence electrons. The monoisotopic (exact) mass is 122 g/mol. The summed E-state index contributed by atoms with van der Waals surface area (Å²) in [5.41, 5.74) is 4.81. The third-order valence-corrected chi connectivity index (χ3v) is 1.78. The normalized spacial score (nSPS) is 18.3. The van der Waals surface area contributed by atoms with Gasteiger partial charge in [-0.3, -0.25) is 0 Å². The van der Waals surface area contributed by atoms with E-state index >= 15 is 0 Å². The second-order valence-electron chi connectivity index (χ2n) is 2.92. The lowest BCUT2D eigenvalue weighted by Gasteiger charge is -2.09. The SMILES string of the molecule is CC(C)C1=C=CCCC1. The lowest BCUT2D eigenvalue weighted by molar-refractivity contribution is 0.676. The molecule has 0 nitrogen and oxygen atoms in total. The molecule has 1 aliphatic carbocycles. The van der Waals surface area contributed by atoms with E-state index < -0.39 is 0 Å². The minimum atomic E-state index is 0.710. The zero-order chi connectivity index (χ0) is 6.69. The Morgan fingerprint density at radius 2 is 2.33 bits per heavy atom. The second kappa shape index (κ2) is 2.89. The average Bonchev–Trinajstić information content (AvgIpc) is 1.90. The Kier molecular flexibility index (Phi) is 2.13. The van der Waals surface area contributed by atoms with Gasteiger partial charge in [0.15, 0.2) is 0 Å². The van der Waals surface area contributed by atoms with Crippen molar-refractivity contribution in [3.63, 3.8) is 0 Å². The van der Waals surface area contributed by atoms with Crippen LogP contribution in [0, 0.1) is 5.92 Å². The molecule has 9 heavy (non-hydrogen) atoms. The molecule has 0 saturated heterocycles. The van der Waals surface area contributed by atoms with Gasteiger partial charge in [0.05, 0.1) is 0 Å². The summed E-state index contributed by atoms with van der Waals surface area (Å²) in [5, 5.41) is 0. The van der Waals surface area contributed by atoms with Gasteiger partial charge in [-0.1, -0.05) is 13.8 Å². The van der Waals surface area contributed by atoms with Gasteiger partial charge in [0.2, 0.25) is 0 Å². The van der Waals surface area contributed by atoms with Crippen LogP contribution in [0.4, 0.5) is 0 Å². The zero-order valence-corrected chi connectivity index (χ0v) is 6.28. The van der Waals surface area contributed by atoms with Crippen molar-refractivity contribution in [2.75, 3.05) is 0 Å². The number of hydrogen-bond acceptors (Lipinski definition) is 0. The van der Waals surface area contributed by atoms with Gasteiger partial charge in [0, 0.05) is 0 Å². The zero-order valence-electron chi connectivity index (χ0n) is 6.28. The van der Waals surface area contributed by atoms with Crippen LogP contribution in [0.3, 0.4) is 0 Å². The molecule has 0 spiro atoms. The molecule has 1 rings (SSSR count). The fraction of sp³-hybridized carbons (Fsp3) is 0.667. The van der Waals surface area contributed by atoms with E-state index in [2.05, 4.69) is 25.7 Å². The molecule has 0 amide bonds. The van der Waals surface area contributed by atoms with Crippen LogP contribution in [0.5, 0.6) is 0 Å². The lowest BCUT2D eigenvalue weighted by atomic mass is 9.95. The van der Waals surface area contributed by atoms with Gasteiger partial charge in [0.1, 0.15) is 0 Å². The Balaban J connectivity index is 2.66. The molecular weight excluding hydrogens is 108 g/mol. The van der Waals surface area contributed by atoms with E-state index in [1.54, 1.807) is 0 Å². The van der Waals surface area contributed by atoms with Gasteiger partial charge in [0.25, 0.3) is 0 Å². The Morgan fingerprint density at radius 1 is 1.56 bits per heavy atom. The molecule has 0 N–H and O–H groups in total. The van der Waals surface area contributed by atoms with E-state index in [1.807, 2.05) is 0 Å². The van der Waals surface area contributed by atoms with Gasteiger partial charge in [-0.2, -0.15) is 0 Å². The molecule has 0 aromatic heterocycles. The third-order valence-electron chi connectivity index (χ3n) is 1.78. The van der Waals surface area contributed by atoms with Crippen LogP contribution in [0.2, 0.25) is 0 Å². The maximum atomic E-state index is 3.31. The second-order valence-corrected chi connectivity index (χ2v) is 2.92. The van der Waals surface area contributed by atoms with Crippen LogP contribution >= 0.6 is 0 Å². The highest BCUT2D eigenvalue weighted by molar-refractivity contribution is 5.07. The summed E-state index contributed by atoms with van der Waals surface area (Å²) < 4.78 is 0. The molecule has 0 saturated carbocycles. The molecule has 0 radical (unpaired) electrons. The van der Waals surface area contributed by atoms with Gasteiger partial charge >= 0.3 is 0 Å². The summed E-state index contributed by atoms with van der Waals surface area (Å²) in [6.45, 7) is 4.48. The quantitative estimate of drug-likeness (QED) is 0.469. The molecule has 0 aromatic rings.